The predicted molar refractivity (Wildman–Crippen MR) is 576 cm³/mol. The molecule has 6 aromatic carbocycles. The molecule has 0 aliphatic carbocycles. The van der Waals surface area contributed by atoms with Crippen LogP contribution in [-0.4, -0.2) is 261 Å². The summed E-state index contributed by atoms with van der Waals surface area (Å²) in [5.74, 6) is 14.2. The van der Waals surface area contributed by atoms with Gasteiger partial charge in [0.2, 0.25) is 0 Å². The third kappa shape index (κ3) is 33.0. The molecule has 6 aromatic heterocycles. The summed E-state index contributed by atoms with van der Waals surface area (Å²) in [6, 6.07) is 65.3. The molecule has 0 unspecified atom stereocenters. The van der Waals surface area contributed by atoms with Crippen molar-refractivity contribution in [1.82, 2.24) is 48.8 Å². The summed E-state index contributed by atoms with van der Waals surface area (Å²) in [5, 5.41) is 17.8. The van der Waals surface area contributed by atoms with Crippen LogP contribution in [0.4, 0.5) is 11.4 Å². The molecule has 16 bridgehead atoms. The number of carbonyl (C=O) groups is 2. The van der Waals surface area contributed by atoms with Gasteiger partial charge in [0.05, 0.1) is 220 Å². The topological polar surface area (TPSA) is 336 Å². The zero-order chi connectivity index (χ0) is 104. The van der Waals surface area contributed by atoms with Crippen molar-refractivity contribution in [2.24, 2.45) is 0 Å². The van der Waals surface area contributed by atoms with Crippen molar-refractivity contribution in [3.05, 3.63) is 251 Å². The maximum Gasteiger partial charge on any atom is 2.00 e. The van der Waals surface area contributed by atoms with Gasteiger partial charge in [0, 0.05) is 51.5 Å². The maximum atomic E-state index is 8.89. The second-order valence-electron chi connectivity index (χ2n) is 35.7. The Morgan fingerprint density at radius 2 is 0.453 bits per heavy atom. The standard InChI is InChI=1S/C114H118N10O16.2C2H4O2.2Zn/c1-123(2,3)85-31-27-79(28-32-85)109-97-43-47-105(119-97)111(81-17-13-21-87(75-81)137-71-67-133-63-59-129-55-51-125-7)101-39-35-93(115-101)91(94-36-40-102(116-94)112(106-48-44-98(109)120-106)82-18-14-22-88(76-82)138-72-68-134-64-60-130-56-52-126-8)25-11-12-26-92-95-37-41-103(117-95)113(83-19-15-23-89(77-83)139-73-69-135-65-61-131-57-53-127-9)107-49-45-99(121-107)110(80-29-33-86(34-30-80)124(4,5)6)100-46-50-108(122-100)114(104-42-38-96(92)118-104)84-20-16-24-90(78-84)140-74-70-136-66-62-132-58-54-128-10;2*1-2(3)4;;/h13-24,27-50,75-78H,51-74H2,1-10H3;2*1H3,(H,3,4);;/q-2;;;2*+2/p-2. The SMILES string of the molecule is CC(=O)[O-].CC(=O)[O-].COCCOCCOCCOc1cccc(-c2c3nc(c(-c4ccc([N+](C)(C)C)cc4)c4ccc([n-]4)c(-c4cccc(OCCOCCOCCOC)c4)c4nc(c(C#CC#Cc5c6nc(c(-c7cccc(OCCOCCOCCOC)c7)c7ccc([n-]7)c(-c7ccc([N+](C)(C)C)cc7)c7nc(c(-c8cccc(OCCOCCOCCOC)c8)c8ccc5[n-]8)C=C7)C=C6)c5ccc2[n-]5)C=C4)C=C3)c1.[Zn+2].[Zn+2]. The number of benzene rings is 6. The molecule has 4 aliphatic heterocycles. The van der Waals surface area contributed by atoms with Gasteiger partial charge in [-0.1, -0.05) is 109 Å². The molecule has 0 fully saturated rings. The molecular weight excluding hydrogens is 2010 g/mol. The van der Waals surface area contributed by atoms with Gasteiger partial charge in [-0.3, -0.25) is 8.97 Å². The summed E-state index contributed by atoms with van der Waals surface area (Å²) >= 11 is 0. The Balaban J connectivity index is 0.00000192. The molecule has 0 saturated carbocycles. The summed E-state index contributed by atoms with van der Waals surface area (Å²) in [7, 11) is 19.5. The van der Waals surface area contributed by atoms with Crippen LogP contribution < -0.4 is 58.1 Å². The van der Waals surface area contributed by atoms with Gasteiger partial charge >= 0.3 is 39.0 Å². The van der Waals surface area contributed by atoms with Crippen molar-refractivity contribution in [2.45, 2.75) is 13.8 Å². The molecule has 0 radical (unpaired) electrons. The third-order valence-corrected chi connectivity index (χ3v) is 23.2. The minimum absolute atomic E-state index is 0. The first-order valence-corrected chi connectivity index (χ1v) is 48.9. The average Bonchev–Trinajstić information content (AvgIpc) is 1.62. The maximum absolute atomic E-state index is 8.89. The Morgan fingerprint density at radius 1 is 0.260 bits per heavy atom. The van der Waals surface area contributed by atoms with E-state index in [-0.39, 0.29) is 39.0 Å². The largest absolute Gasteiger partial charge is 2.00 e. The van der Waals surface area contributed by atoms with Crippen LogP contribution in [0, 0.1) is 23.7 Å². The molecule has 0 atom stereocenters. The Bertz CT molecular complexity index is 6620. The zero-order valence-electron chi connectivity index (χ0n) is 87.1. The van der Waals surface area contributed by atoms with E-state index in [1.807, 2.05) is 170 Å². The molecule has 0 saturated heterocycles. The third-order valence-electron chi connectivity index (χ3n) is 23.2. The number of carbonyl (C=O) groups excluding carboxylic acids is 2. The minimum atomic E-state index is -1.08. The van der Waals surface area contributed by atoms with E-state index in [9.17, 15) is 0 Å². The Morgan fingerprint density at radius 3 is 0.680 bits per heavy atom. The summed E-state index contributed by atoms with van der Waals surface area (Å²) in [6.45, 7) is 11.8. The molecule has 4 aliphatic rings. The van der Waals surface area contributed by atoms with E-state index in [4.69, 9.17) is 135 Å². The van der Waals surface area contributed by atoms with Crippen molar-refractivity contribution in [3.63, 3.8) is 0 Å². The van der Waals surface area contributed by atoms with E-state index in [1.165, 1.54) is 0 Å². The number of methoxy groups -OCH3 is 4. The number of hydrogen-bond acceptors (Lipinski definition) is 24. The number of carboxylic acid groups (broad SMARTS) is 2. The van der Waals surface area contributed by atoms with Gasteiger partial charge in [-0.05, 0) is 238 Å². The van der Waals surface area contributed by atoms with Gasteiger partial charge in [0.1, 0.15) is 60.8 Å². The molecule has 0 spiro atoms. The van der Waals surface area contributed by atoms with Crippen LogP contribution in [0.5, 0.6) is 23.0 Å². The first-order chi connectivity index (χ1) is 72.0. The van der Waals surface area contributed by atoms with Crippen molar-refractivity contribution in [2.75, 3.05) is 229 Å². The van der Waals surface area contributed by atoms with Gasteiger partial charge in [-0.15, -0.1) is 44.1 Å². The summed E-state index contributed by atoms with van der Waals surface area (Å²) in [6.07, 6.45) is 16.2. The number of aliphatic carboxylic acids is 2. The van der Waals surface area contributed by atoms with Crippen molar-refractivity contribution in [1.29, 1.82) is 0 Å². The predicted octanol–water partition coefficient (Wildman–Crippen LogP) is 15.7. The second kappa shape index (κ2) is 58.6. The fourth-order valence-corrected chi connectivity index (χ4v) is 16.2. The summed E-state index contributed by atoms with van der Waals surface area (Å²) in [4.78, 5) is 62.6. The summed E-state index contributed by atoms with van der Waals surface area (Å²) in [5.41, 5.74) is 23.0. The van der Waals surface area contributed by atoms with E-state index >= 15 is 0 Å². The smallest absolute Gasteiger partial charge is 0.657 e. The van der Waals surface area contributed by atoms with Crippen LogP contribution in [0.15, 0.2) is 194 Å². The number of rotatable bonds is 48. The van der Waals surface area contributed by atoms with Crippen LogP contribution in [0.2, 0.25) is 0 Å². The van der Waals surface area contributed by atoms with Crippen molar-refractivity contribution >= 4 is 116 Å². The van der Waals surface area contributed by atoms with Crippen LogP contribution in [0.25, 0.3) is 160 Å². The molecule has 10 heterocycles. The Kier molecular flexibility index (Phi) is 45.0. The number of quaternary nitrogens is 2. The molecule has 16 rings (SSSR count). The molecular formula is C118H124N10O20Zn2. The number of hydrogen-bond donors (Lipinski definition) is 0. The Labute approximate surface area is 900 Å². The molecule has 770 valence electrons. The number of ether oxygens (including phenoxy) is 16. The van der Waals surface area contributed by atoms with Crippen molar-refractivity contribution < 1.29 is 135 Å². The first kappa shape index (κ1) is 115. The number of nitrogens with zero attached hydrogens (tertiary/aromatic N) is 10. The minimum Gasteiger partial charge on any atom is -0.657 e. The fraction of sp³-hybridized carbons (Fsp3) is 0.305. The van der Waals surface area contributed by atoms with E-state index in [0.717, 1.165) is 92.0 Å². The van der Waals surface area contributed by atoms with Gasteiger partial charge in [0.25, 0.3) is 0 Å². The van der Waals surface area contributed by atoms with Gasteiger partial charge in [0.15, 0.2) is 0 Å². The molecule has 32 heteroatoms. The molecule has 30 nitrogen and oxygen atoms in total. The van der Waals surface area contributed by atoms with Crippen LogP contribution in [0.1, 0.15) is 70.5 Å². The van der Waals surface area contributed by atoms with Gasteiger partial charge in [-0.2, -0.15) is 0 Å². The second-order valence-corrected chi connectivity index (χ2v) is 35.7. The fourth-order valence-electron chi connectivity index (χ4n) is 16.2. The van der Waals surface area contributed by atoms with Gasteiger partial charge < -0.3 is 116 Å². The number of aromatic nitrogens is 8. The van der Waals surface area contributed by atoms with Crippen molar-refractivity contribution in [3.8, 4) is 113 Å². The molecule has 12 aromatic rings. The molecule has 0 amide bonds. The van der Waals surface area contributed by atoms with Crippen LogP contribution in [-0.2, 0) is 105 Å². The van der Waals surface area contributed by atoms with E-state index < -0.39 is 11.9 Å². The van der Waals surface area contributed by atoms with E-state index in [1.54, 1.807) is 28.4 Å². The van der Waals surface area contributed by atoms with Crippen LogP contribution >= 0.6 is 0 Å². The Hall–Kier alpha value is -13.5. The molecule has 0 N–H and O–H groups in total. The van der Waals surface area contributed by atoms with Gasteiger partial charge in [-0.25, -0.2) is 19.9 Å². The van der Waals surface area contributed by atoms with E-state index in [0.29, 0.717) is 291 Å². The zero-order valence-corrected chi connectivity index (χ0v) is 93.1. The monoisotopic (exact) mass is 2130 g/mol. The van der Waals surface area contributed by atoms with Crippen LogP contribution in [0.3, 0.4) is 0 Å². The average molecular weight is 2130 g/mol. The summed E-state index contributed by atoms with van der Waals surface area (Å²) < 4.78 is 94.0. The quantitative estimate of drug-likeness (QED) is 0.0148. The van der Waals surface area contributed by atoms with E-state index in [2.05, 4.69) is 139 Å². The normalized spacial score (nSPS) is 11.7. The number of fused-ring (bicyclic) bond motifs is 16. The first-order valence-electron chi connectivity index (χ1n) is 48.9. The molecule has 150 heavy (non-hydrogen) atoms. The number of carboxylic acids is 2.